The Hall–Kier alpha value is -3.87. The van der Waals surface area contributed by atoms with E-state index in [1.165, 1.54) is 6.26 Å². The fourth-order valence-electron chi connectivity index (χ4n) is 4.17. The van der Waals surface area contributed by atoms with E-state index in [0.29, 0.717) is 18.3 Å². The van der Waals surface area contributed by atoms with Gasteiger partial charge < -0.3 is 9.15 Å². The lowest BCUT2D eigenvalue weighted by Gasteiger charge is -2.36. The number of anilines is 1. The predicted molar refractivity (Wildman–Crippen MR) is 114 cm³/mol. The number of hydrogen-bond acceptors (Lipinski definition) is 5. The van der Waals surface area contributed by atoms with Gasteiger partial charge in [-0.25, -0.2) is 4.98 Å². The van der Waals surface area contributed by atoms with Crippen molar-refractivity contribution in [2.24, 2.45) is 5.92 Å². The van der Waals surface area contributed by atoms with Crippen molar-refractivity contribution >= 4 is 28.9 Å². The maximum absolute atomic E-state index is 13.7. The molecule has 1 aliphatic rings. The summed E-state index contributed by atoms with van der Waals surface area (Å²) in [6.45, 7) is 2.21. The molecule has 2 aromatic heterocycles. The molecule has 31 heavy (non-hydrogen) atoms. The van der Waals surface area contributed by atoms with Crippen molar-refractivity contribution < 1.29 is 18.7 Å². The first-order chi connectivity index (χ1) is 15.2. The first-order valence-electron chi connectivity index (χ1n) is 10.2. The number of hydrogen-bond donors (Lipinski definition) is 0. The average molecular weight is 415 g/mol. The number of furan rings is 1. The van der Waals surface area contributed by atoms with Crippen LogP contribution in [0.1, 0.15) is 24.3 Å². The molecule has 2 atom stereocenters. The predicted octanol–water partition coefficient (Wildman–Crippen LogP) is 3.94. The van der Waals surface area contributed by atoms with Crippen LogP contribution >= 0.6 is 0 Å². The van der Waals surface area contributed by atoms with Crippen LogP contribution in [-0.4, -0.2) is 28.0 Å². The first kappa shape index (κ1) is 19.1. The Morgan fingerprint density at radius 1 is 1.06 bits per heavy atom. The fourth-order valence-corrected chi connectivity index (χ4v) is 4.17. The van der Waals surface area contributed by atoms with Gasteiger partial charge in [-0.15, -0.1) is 0 Å². The van der Waals surface area contributed by atoms with Gasteiger partial charge in [0.25, 0.3) is 0 Å². The number of benzene rings is 2. The minimum atomic E-state index is -1.08. The summed E-state index contributed by atoms with van der Waals surface area (Å²) in [5.74, 6) is -1.02. The number of imidazole rings is 1. The van der Waals surface area contributed by atoms with E-state index >= 15 is 0 Å². The highest BCUT2D eigenvalue weighted by molar-refractivity contribution is 6.08. The Balaban J connectivity index is 1.74. The van der Waals surface area contributed by atoms with Crippen LogP contribution in [0.15, 0.2) is 77.4 Å². The maximum atomic E-state index is 13.7. The van der Waals surface area contributed by atoms with E-state index in [1.807, 2.05) is 59.2 Å². The standard InChI is InChI=1S/C24H21N3O4/c1-2-30-23(29)20-21(19-13-8-14-31-19)27-18-12-7-6-11-17(18)25-24(27)26(22(20)28)15-16-9-4-3-5-10-16/h3-14,20-21H,2,15H2,1H3/t20-,21-/m1/s1. The summed E-state index contributed by atoms with van der Waals surface area (Å²) in [6.07, 6.45) is 1.54. The quantitative estimate of drug-likeness (QED) is 0.364. The summed E-state index contributed by atoms with van der Waals surface area (Å²) >= 11 is 0. The van der Waals surface area contributed by atoms with Crippen LogP contribution in [0.3, 0.4) is 0 Å². The Morgan fingerprint density at radius 2 is 1.84 bits per heavy atom. The number of carbonyl (C=O) groups excluding carboxylic acids is 2. The second-order valence-corrected chi connectivity index (χ2v) is 7.37. The number of fused-ring (bicyclic) bond motifs is 3. The lowest BCUT2D eigenvalue weighted by Crippen LogP contribution is -2.49. The monoisotopic (exact) mass is 415 g/mol. The van der Waals surface area contributed by atoms with E-state index in [-0.39, 0.29) is 12.5 Å². The molecule has 0 fully saturated rings. The summed E-state index contributed by atoms with van der Waals surface area (Å²) in [4.78, 5) is 33.1. The molecule has 3 heterocycles. The normalized spacial score (nSPS) is 18.2. The molecule has 7 nitrogen and oxygen atoms in total. The van der Waals surface area contributed by atoms with E-state index in [1.54, 1.807) is 24.0 Å². The summed E-state index contributed by atoms with van der Waals surface area (Å²) in [5, 5.41) is 0. The summed E-state index contributed by atoms with van der Waals surface area (Å²) in [5.41, 5.74) is 2.50. The third kappa shape index (κ3) is 3.18. The van der Waals surface area contributed by atoms with Crippen molar-refractivity contribution in [1.82, 2.24) is 9.55 Å². The van der Waals surface area contributed by atoms with E-state index in [4.69, 9.17) is 14.1 Å². The topological polar surface area (TPSA) is 77.6 Å². The van der Waals surface area contributed by atoms with Crippen LogP contribution in [0.4, 0.5) is 5.95 Å². The molecule has 1 aliphatic heterocycles. The second kappa shape index (κ2) is 7.75. The zero-order chi connectivity index (χ0) is 21.4. The molecule has 0 unspecified atom stereocenters. The third-order valence-corrected chi connectivity index (χ3v) is 5.50. The Kier molecular flexibility index (Phi) is 4.78. The van der Waals surface area contributed by atoms with E-state index in [9.17, 15) is 9.59 Å². The fraction of sp³-hybridized carbons (Fsp3) is 0.208. The molecule has 7 heteroatoms. The number of carbonyl (C=O) groups is 2. The molecule has 0 spiro atoms. The first-order valence-corrected chi connectivity index (χ1v) is 10.2. The zero-order valence-corrected chi connectivity index (χ0v) is 17.0. The van der Waals surface area contributed by atoms with E-state index in [0.717, 1.165) is 16.6 Å². The second-order valence-electron chi connectivity index (χ2n) is 7.37. The summed E-state index contributed by atoms with van der Waals surface area (Å²) < 4.78 is 12.9. The molecular formula is C24H21N3O4. The van der Waals surface area contributed by atoms with Gasteiger partial charge in [-0.2, -0.15) is 0 Å². The van der Waals surface area contributed by atoms with Crippen molar-refractivity contribution in [2.75, 3.05) is 11.5 Å². The minimum absolute atomic E-state index is 0.184. The SMILES string of the molecule is CCOC(=O)[C@H]1C(=O)N(Cc2ccccc2)c2nc3ccccc3n2[C@@H]1c1ccco1. The molecule has 5 rings (SSSR count). The van der Waals surface area contributed by atoms with E-state index < -0.39 is 17.9 Å². The maximum Gasteiger partial charge on any atom is 0.321 e. The highest BCUT2D eigenvalue weighted by Gasteiger charge is 2.49. The summed E-state index contributed by atoms with van der Waals surface area (Å²) in [7, 11) is 0. The molecule has 0 radical (unpaired) electrons. The van der Waals surface area contributed by atoms with Gasteiger partial charge in [-0.05, 0) is 36.8 Å². The highest BCUT2D eigenvalue weighted by Crippen LogP contribution is 2.41. The van der Waals surface area contributed by atoms with Gasteiger partial charge in [0.05, 0.1) is 30.4 Å². The smallest absolute Gasteiger partial charge is 0.321 e. The van der Waals surface area contributed by atoms with Gasteiger partial charge in [-0.3, -0.25) is 19.1 Å². The van der Waals surface area contributed by atoms with Crippen LogP contribution in [0.5, 0.6) is 0 Å². The number of aromatic nitrogens is 2. The van der Waals surface area contributed by atoms with Gasteiger partial charge in [0, 0.05) is 0 Å². The minimum Gasteiger partial charge on any atom is -0.467 e. The van der Waals surface area contributed by atoms with Gasteiger partial charge >= 0.3 is 5.97 Å². The average Bonchev–Trinajstić information content (AvgIpc) is 3.44. The molecular weight excluding hydrogens is 394 g/mol. The Morgan fingerprint density at radius 3 is 2.58 bits per heavy atom. The van der Waals surface area contributed by atoms with Crippen LogP contribution < -0.4 is 4.90 Å². The number of para-hydroxylation sites is 2. The highest BCUT2D eigenvalue weighted by atomic mass is 16.5. The molecule has 4 aromatic rings. The lowest BCUT2D eigenvalue weighted by atomic mass is 9.93. The molecule has 2 aromatic carbocycles. The Bertz CT molecular complexity index is 1230. The van der Waals surface area contributed by atoms with Crippen LogP contribution in [0.25, 0.3) is 11.0 Å². The third-order valence-electron chi connectivity index (χ3n) is 5.50. The van der Waals surface area contributed by atoms with E-state index in [2.05, 4.69) is 0 Å². The molecule has 0 saturated heterocycles. The molecule has 0 saturated carbocycles. The van der Waals surface area contributed by atoms with Crippen molar-refractivity contribution in [1.29, 1.82) is 0 Å². The number of amides is 1. The largest absolute Gasteiger partial charge is 0.467 e. The lowest BCUT2D eigenvalue weighted by molar-refractivity contribution is -0.153. The number of rotatable bonds is 5. The van der Waals surface area contributed by atoms with Crippen molar-refractivity contribution in [2.45, 2.75) is 19.5 Å². The summed E-state index contributed by atoms with van der Waals surface area (Å²) in [6, 6.07) is 20.1. The molecule has 156 valence electrons. The number of ether oxygens (including phenoxy) is 1. The molecule has 0 aliphatic carbocycles. The number of esters is 1. The van der Waals surface area contributed by atoms with Gasteiger partial charge in [-0.1, -0.05) is 42.5 Å². The van der Waals surface area contributed by atoms with Crippen LogP contribution in [0.2, 0.25) is 0 Å². The van der Waals surface area contributed by atoms with Crippen molar-refractivity contribution in [3.8, 4) is 0 Å². The van der Waals surface area contributed by atoms with Gasteiger partial charge in [0.2, 0.25) is 11.9 Å². The van der Waals surface area contributed by atoms with Crippen LogP contribution in [-0.2, 0) is 20.9 Å². The number of nitrogens with zero attached hydrogens (tertiary/aromatic N) is 3. The van der Waals surface area contributed by atoms with Crippen molar-refractivity contribution in [3.63, 3.8) is 0 Å². The van der Waals surface area contributed by atoms with Crippen molar-refractivity contribution in [3.05, 3.63) is 84.3 Å². The van der Waals surface area contributed by atoms with Gasteiger partial charge in [0.1, 0.15) is 11.8 Å². The zero-order valence-electron chi connectivity index (χ0n) is 17.0. The Labute approximate surface area is 178 Å². The molecule has 0 N–H and O–H groups in total. The van der Waals surface area contributed by atoms with Gasteiger partial charge in [0.15, 0.2) is 5.92 Å². The molecule has 1 amide bonds. The molecule has 0 bridgehead atoms. The van der Waals surface area contributed by atoms with Crippen LogP contribution in [0, 0.1) is 5.92 Å².